The molecule has 1 aromatic carbocycles. The van der Waals surface area contributed by atoms with E-state index in [0.717, 1.165) is 11.8 Å². The lowest BCUT2D eigenvalue weighted by molar-refractivity contribution is -0.688. The number of carboxylic acids is 1. The number of aliphatic carboxylic acids is 1. The number of benzene rings is 1. The summed E-state index contributed by atoms with van der Waals surface area (Å²) in [5.41, 5.74) is 6.25. The Hall–Kier alpha value is -2.48. The van der Waals surface area contributed by atoms with Gasteiger partial charge in [0.25, 0.3) is 5.91 Å². The number of thioether (sulfide) groups is 2. The first kappa shape index (κ1) is 28.5. The first-order chi connectivity index (χ1) is 18.1. The number of carbonyl (C=O) groups is 4. The van der Waals surface area contributed by atoms with E-state index < -0.39 is 29.2 Å². The predicted molar refractivity (Wildman–Crippen MR) is 146 cm³/mol. The van der Waals surface area contributed by atoms with Gasteiger partial charge in [0.2, 0.25) is 11.8 Å². The summed E-state index contributed by atoms with van der Waals surface area (Å²) in [5, 5.41) is 15.7. The highest BCUT2D eigenvalue weighted by Crippen LogP contribution is 2.40. The van der Waals surface area contributed by atoms with Crippen LogP contribution in [-0.4, -0.2) is 63.2 Å². The molecule has 0 radical (unpaired) electrons. The van der Waals surface area contributed by atoms with Gasteiger partial charge in [-0.25, -0.2) is 4.79 Å². The summed E-state index contributed by atoms with van der Waals surface area (Å²) in [7, 11) is 0. The largest absolute Gasteiger partial charge is 0.477 e. The van der Waals surface area contributed by atoms with Crippen LogP contribution >= 0.6 is 58.3 Å². The van der Waals surface area contributed by atoms with E-state index in [0.29, 0.717) is 37.0 Å². The van der Waals surface area contributed by atoms with E-state index in [2.05, 4.69) is 10.6 Å². The second-order valence-electron chi connectivity index (χ2n) is 8.21. The van der Waals surface area contributed by atoms with Crippen molar-refractivity contribution in [2.24, 2.45) is 5.73 Å². The van der Waals surface area contributed by atoms with Crippen molar-refractivity contribution in [3.05, 3.63) is 63.0 Å². The molecule has 0 bridgehead atoms. The third-order valence-corrected chi connectivity index (χ3v) is 9.14. The fraction of sp³-hybridized carbons (Fsp3) is 0.261. The van der Waals surface area contributed by atoms with Crippen molar-refractivity contribution in [1.82, 2.24) is 10.2 Å². The maximum atomic E-state index is 12.9. The minimum Gasteiger partial charge on any atom is -0.477 e. The normalized spacial score (nSPS) is 18.5. The summed E-state index contributed by atoms with van der Waals surface area (Å²) in [5.74, 6) is -2.20. The molecule has 1 aromatic heterocycles. The molecule has 2 aromatic rings. The number of carbonyl (C=O) groups excluding carboxylic acids is 3. The standard InChI is InChI=1S/C23H20Cl3N5O5S2/c24-13-4-15(26)16(5-14(13)25)37-10-18(33)29-19-21(34)31-20(23(35)36)11(9-38-22(19)31)7-30-3-1-2-12(8-30)28-17(32)6-27/h1-5,8,19,22H,6-7,9-10,27H2,(H2-,28,29,32,33,35,36)/p+1/t19-,22+/m0/s1. The molecule has 0 spiro atoms. The van der Waals surface area contributed by atoms with Gasteiger partial charge in [0.1, 0.15) is 22.8 Å². The van der Waals surface area contributed by atoms with Crippen LogP contribution in [0.1, 0.15) is 0 Å². The SMILES string of the molecule is NCC(=O)Nc1ccc[n+](CC2=C(C(=O)O)N3C(=O)[C@H](NC(=O)CSc4cc(Cl)c(Cl)cc4Cl)[C@H]3SC2)c1. The van der Waals surface area contributed by atoms with E-state index in [1.165, 1.54) is 22.7 Å². The fourth-order valence-corrected chi connectivity index (χ4v) is 6.78. The molecule has 0 saturated carbocycles. The van der Waals surface area contributed by atoms with Gasteiger partial charge in [-0.1, -0.05) is 34.8 Å². The van der Waals surface area contributed by atoms with Crippen molar-refractivity contribution in [2.75, 3.05) is 23.4 Å². The maximum absolute atomic E-state index is 12.9. The first-order valence-electron chi connectivity index (χ1n) is 11.0. The molecule has 3 heterocycles. The summed E-state index contributed by atoms with van der Waals surface area (Å²) < 4.78 is 1.71. The van der Waals surface area contributed by atoms with Gasteiger partial charge in [-0.05, 0) is 18.2 Å². The van der Waals surface area contributed by atoms with Crippen LogP contribution in [0.3, 0.4) is 0 Å². The molecule has 15 heteroatoms. The number of hydrogen-bond acceptors (Lipinski definition) is 7. The third kappa shape index (κ3) is 6.22. The molecule has 0 unspecified atom stereocenters. The fourth-order valence-electron chi connectivity index (χ4n) is 3.90. The molecular formula is C23H21Cl3N5O5S2+. The molecule has 38 heavy (non-hydrogen) atoms. The lowest BCUT2D eigenvalue weighted by Gasteiger charge is -2.49. The highest BCUT2D eigenvalue weighted by Gasteiger charge is 2.54. The Kier molecular flexibility index (Phi) is 9.11. The molecule has 5 N–H and O–H groups in total. The van der Waals surface area contributed by atoms with E-state index in [4.69, 9.17) is 40.5 Å². The Bertz CT molecular complexity index is 1360. The van der Waals surface area contributed by atoms with Gasteiger partial charge >= 0.3 is 5.97 Å². The Morgan fingerprint density at radius 2 is 1.92 bits per heavy atom. The number of aromatic nitrogens is 1. The number of β-lactam (4-membered cyclic amide) rings is 1. The summed E-state index contributed by atoms with van der Waals surface area (Å²) in [4.78, 5) is 51.0. The summed E-state index contributed by atoms with van der Waals surface area (Å²) in [6, 6.07) is 5.58. The lowest BCUT2D eigenvalue weighted by atomic mass is 10.0. The van der Waals surface area contributed by atoms with Crippen molar-refractivity contribution in [1.29, 1.82) is 0 Å². The van der Waals surface area contributed by atoms with Crippen molar-refractivity contribution in [3.63, 3.8) is 0 Å². The molecule has 2 atom stereocenters. The highest BCUT2D eigenvalue weighted by atomic mass is 35.5. The molecule has 200 valence electrons. The number of halogens is 3. The summed E-state index contributed by atoms with van der Waals surface area (Å²) in [6.45, 7) is 0.0213. The van der Waals surface area contributed by atoms with Crippen LogP contribution in [0.25, 0.3) is 0 Å². The molecule has 1 fully saturated rings. The quantitative estimate of drug-likeness (QED) is 0.145. The molecule has 4 rings (SSSR count). The minimum atomic E-state index is -1.23. The third-order valence-electron chi connectivity index (χ3n) is 5.60. The Morgan fingerprint density at radius 3 is 2.63 bits per heavy atom. The van der Waals surface area contributed by atoms with E-state index in [1.807, 2.05) is 0 Å². The molecule has 3 amide bonds. The minimum absolute atomic E-state index is 0.0284. The van der Waals surface area contributed by atoms with Gasteiger partial charge in [-0.2, -0.15) is 4.57 Å². The van der Waals surface area contributed by atoms with E-state index in [9.17, 15) is 24.3 Å². The number of amides is 3. The average molecular weight is 618 g/mol. The molecular weight excluding hydrogens is 597 g/mol. The highest BCUT2D eigenvalue weighted by molar-refractivity contribution is 8.00. The zero-order valence-electron chi connectivity index (χ0n) is 19.4. The van der Waals surface area contributed by atoms with Gasteiger partial charge in [-0.3, -0.25) is 19.3 Å². The Morgan fingerprint density at radius 1 is 1.18 bits per heavy atom. The zero-order valence-corrected chi connectivity index (χ0v) is 23.4. The number of nitrogens with one attached hydrogen (secondary N) is 2. The predicted octanol–water partition coefficient (Wildman–Crippen LogP) is 2.36. The van der Waals surface area contributed by atoms with Crippen molar-refractivity contribution in [3.8, 4) is 0 Å². The average Bonchev–Trinajstić information content (AvgIpc) is 2.88. The van der Waals surface area contributed by atoms with Crippen LogP contribution in [0.4, 0.5) is 5.69 Å². The molecule has 10 nitrogen and oxygen atoms in total. The Labute approximate surface area is 240 Å². The Balaban J connectivity index is 1.42. The number of pyridine rings is 1. The van der Waals surface area contributed by atoms with Crippen LogP contribution < -0.4 is 20.9 Å². The first-order valence-corrected chi connectivity index (χ1v) is 14.2. The van der Waals surface area contributed by atoms with Crippen molar-refractivity contribution >= 4 is 87.7 Å². The van der Waals surface area contributed by atoms with Gasteiger partial charge in [0.15, 0.2) is 18.9 Å². The monoisotopic (exact) mass is 616 g/mol. The maximum Gasteiger partial charge on any atom is 0.352 e. The number of carboxylic acid groups (broad SMARTS) is 1. The number of nitrogens with zero attached hydrogens (tertiary/aromatic N) is 2. The molecule has 0 aliphatic carbocycles. The van der Waals surface area contributed by atoms with Crippen LogP contribution in [0.15, 0.2) is 52.8 Å². The van der Waals surface area contributed by atoms with Gasteiger partial charge in [-0.15, -0.1) is 23.5 Å². The van der Waals surface area contributed by atoms with Crippen molar-refractivity contribution in [2.45, 2.75) is 22.9 Å². The summed E-state index contributed by atoms with van der Waals surface area (Å²) >= 11 is 20.6. The molecule has 2 aliphatic heterocycles. The topological polar surface area (TPSA) is 146 Å². The van der Waals surface area contributed by atoms with Gasteiger partial charge < -0.3 is 21.5 Å². The van der Waals surface area contributed by atoms with Crippen molar-refractivity contribution < 1.29 is 28.9 Å². The number of anilines is 1. The van der Waals surface area contributed by atoms with Crippen LogP contribution in [-0.2, 0) is 25.7 Å². The lowest BCUT2D eigenvalue weighted by Crippen LogP contribution is -2.70. The number of hydrogen-bond donors (Lipinski definition) is 4. The number of fused-ring (bicyclic) bond motifs is 1. The number of nitrogens with two attached hydrogens (primary N) is 1. The number of rotatable bonds is 9. The second kappa shape index (κ2) is 12.1. The smallest absolute Gasteiger partial charge is 0.352 e. The van der Waals surface area contributed by atoms with Crippen LogP contribution in [0.2, 0.25) is 15.1 Å². The van der Waals surface area contributed by atoms with Gasteiger partial charge in [0, 0.05) is 22.3 Å². The van der Waals surface area contributed by atoms with Crippen LogP contribution in [0, 0.1) is 0 Å². The molecule has 1 saturated heterocycles. The zero-order chi connectivity index (χ0) is 27.6. The van der Waals surface area contributed by atoms with Gasteiger partial charge in [0.05, 0.1) is 27.4 Å². The summed E-state index contributed by atoms with van der Waals surface area (Å²) in [6.07, 6.45) is 3.37. The van der Waals surface area contributed by atoms with Crippen LogP contribution in [0.5, 0.6) is 0 Å². The van der Waals surface area contributed by atoms with E-state index in [-0.39, 0.29) is 30.4 Å². The molecule has 2 aliphatic rings. The second-order valence-corrected chi connectivity index (χ2v) is 11.6. The van der Waals surface area contributed by atoms with E-state index in [1.54, 1.807) is 35.2 Å². The van der Waals surface area contributed by atoms with E-state index >= 15 is 0 Å².